The number of imidazole rings is 1. The maximum atomic E-state index is 13.3. The van der Waals surface area contributed by atoms with Crippen molar-refractivity contribution in [1.82, 2.24) is 14.5 Å². The number of amides is 1. The predicted octanol–water partition coefficient (Wildman–Crippen LogP) is 3.65. The highest BCUT2D eigenvalue weighted by Gasteiger charge is 2.33. The highest BCUT2D eigenvalue weighted by Crippen LogP contribution is 2.31. The Morgan fingerprint density at radius 2 is 1.96 bits per heavy atom. The van der Waals surface area contributed by atoms with Gasteiger partial charge in [0.25, 0.3) is 5.91 Å². The van der Waals surface area contributed by atoms with Gasteiger partial charge < -0.3 is 9.47 Å². The monoisotopic (exact) mass is 327 g/mol. The van der Waals surface area contributed by atoms with E-state index in [1.54, 1.807) is 12.1 Å². The molecule has 0 saturated heterocycles. The van der Waals surface area contributed by atoms with E-state index in [2.05, 4.69) is 4.57 Å². The summed E-state index contributed by atoms with van der Waals surface area (Å²) in [7, 11) is 1.88. The number of nitrogens with zero attached hydrogens (tertiary/aromatic N) is 3. The van der Waals surface area contributed by atoms with E-state index < -0.39 is 0 Å². The molecule has 0 N–H and O–H groups in total. The lowest BCUT2D eigenvalue weighted by Gasteiger charge is -2.15. The van der Waals surface area contributed by atoms with Crippen molar-refractivity contribution >= 4 is 5.91 Å². The Labute approximate surface area is 141 Å². The standard InChI is InChI=1S/C19H22FN3O/c1-22(15-10-11-15)19(24)17-16-5-3-2-4-12-23(16)18(21-17)13-6-8-14(20)9-7-13/h6-9,15H,2-5,10-12H2,1H3. The van der Waals surface area contributed by atoms with Crippen molar-refractivity contribution in [2.45, 2.75) is 51.1 Å². The molecule has 4 rings (SSSR count). The Kier molecular flexibility index (Phi) is 3.87. The van der Waals surface area contributed by atoms with Gasteiger partial charge in [-0.2, -0.15) is 0 Å². The second kappa shape index (κ2) is 6.04. The molecule has 0 unspecified atom stereocenters. The molecule has 24 heavy (non-hydrogen) atoms. The lowest BCUT2D eigenvalue weighted by molar-refractivity contribution is 0.0778. The van der Waals surface area contributed by atoms with Gasteiger partial charge in [-0.1, -0.05) is 6.42 Å². The van der Waals surface area contributed by atoms with Gasteiger partial charge in [0.05, 0.1) is 5.69 Å². The Morgan fingerprint density at radius 3 is 2.67 bits per heavy atom. The van der Waals surface area contributed by atoms with Crippen LogP contribution in [0.4, 0.5) is 4.39 Å². The number of aromatic nitrogens is 2. The first-order valence-corrected chi connectivity index (χ1v) is 8.77. The molecular formula is C19H22FN3O. The minimum Gasteiger partial charge on any atom is -0.337 e. The molecule has 1 fully saturated rings. The van der Waals surface area contributed by atoms with Crippen molar-refractivity contribution in [3.63, 3.8) is 0 Å². The van der Waals surface area contributed by atoms with Crippen LogP contribution in [0.15, 0.2) is 24.3 Å². The Balaban J connectivity index is 1.79. The van der Waals surface area contributed by atoms with Crippen LogP contribution >= 0.6 is 0 Å². The van der Waals surface area contributed by atoms with Crippen molar-refractivity contribution in [2.24, 2.45) is 0 Å². The van der Waals surface area contributed by atoms with Gasteiger partial charge in [-0.15, -0.1) is 0 Å². The molecule has 2 heterocycles. The van der Waals surface area contributed by atoms with Gasteiger partial charge in [-0.25, -0.2) is 9.37 Å². The average Bonchev–Trinajstić information content (AvgIpc) is 3.40. The summed E-state index contributed by atoms with van der Waals surface area (Å²) < 4.78 is 15.4. The van der Waals surface area contributed by atoms with Gasteiger partial charge >= 0.3 is 0 Å². The lowest BCUT2D eigenvalue weighted by atomic mass is 10.1. The van der Waals surface area contributed by atoms with Crippen molar-refractivity contribution in [3.05, 3.63) is 41.5 Å². The van der Waals surface area contributed by atoms with E-state index in [1.165, 1.54) is 12.1 Å². The van der Waals surface area contributed by atoms with Crippen LogP contribution in [-0.4, -0.2) is 33.4 Å². The number of rotatable bonds is 3. The van der Waals surface area contributed by atoms with Crippen LogP contribution in [0, 0.1) is 5.82 Å². The summed E-state index contributed by atoms with van der Waals surface area (Å²) in [5, 5.41) is 0. The number of hydrogen-bond donors (Lipinski definition) is 0. The third kappa shape index (κ3) is 2.72. The minimum absolute atomic E-state index is 0.0245. The zero-order chi connectivity index (χ0) is 16.7. The molecule has 1 aliphatic carbocycles. The van der Waals surface area contributed by atoms with Crippen molar-refractivity contribution in [3.8, 4) is 11.4 Å². The van der Waals surface area contributed by atoms with Gasteiger partial charge in [0.15, 0.2) is 0 Å². The highest BCUT2D eigenvalue weighted by molar-refractivity contribution is 5.94. The molecule has 1 amide bonds. The van der Waals surface area contributed by atoms with Crippen LogP contribution in [0.5, 0.6) is 0 Å². The Morgan fingerprint density at radius 1 is 1.21 bits per heavy atom. The largest absolute Gasteiger partial charge is 0.337 e. The first kappa shape index (κ1) is 15.4. The Bertz CT molecular complexity index is 762. The fourth-order valence-electron chi connectivity index (χ4n) is 3.51. The molecule has 5 heteroatoms. The second-order valence-electron chi connectivity index (χ2n) is 6.85. The van der Waals surface area contributed by atoms with Gasteiger partial charge in [0.2, 0.25) is 0 Å². The van der Waals surface area contributed by atoms with Crippen LogP contribution in [0.25, 0.3) is 11.4 Å². The van der Waals surface area contributed by atoms with Crippen LogP contribution in [-0.2, 0) is 13.0 Å². The fourth-order valence-corrected chi connectivity index (χ4v) is 3.51. The average molecular weight is 327 g/mol. The summed E-state index contributed by atoms with van der Waals surface area (Å²) in [6.45, 7) is 0.871. The van der Waals surface area contributed by atoms with E-state index in [0.29, 0.717) is 11.7 Å². The van der Waals surface area contributed by atoms with E-state index in [0.717, 1.165) is 62.2 Å². The minimum atomic E-state index is -0.258. The molecule has 4 nitrogen and oxygen atoms in total. The molecule has 1 aromatic carbocycles. The van der Waals surface area contributed by atoms with E-state index in [4.69, 9.17) is 4.98 Å². The summed E-state index contributed by atoms with van der Waals surface area (Å²) in [6, 6.07) is 6.76. The number of halogens is 1. The van der Waals surface area contributed by atoms with E-state index in [-0.39, 0.29) is 11.7 Å². The maximum absolute atomic E-state index is 13.3. The summed E-state index contributed by atoms with van der Waals surface area (Å²) in [6.07, 6.45) is 6.39. The molecule has 0 atom stereocenters. The van der Waals surface area contributed by atoms with E-state index in [1.807, 2.05) is 11.9 Å². The lowest BCUT2D eigenvalue weighted by Crippen LogP contribution is -2.30. The smallest absolute Gasteiger partial charge is 0.274 e. The number of benzene rings is 1. The maximum Gasteiger partial charge on any atom is 0.274 e. The second-order valence-corrected chi connectivity index (χ2v) is 6.85. The normalized spacial score (nSPS) is 17.2. The number of carbonyl (C=O) groups is 1. The van der Waals surface area contributed by atoms with Crippen molar-refractivity contribution in [1.29, 1.82) is 0 Å². The fraction of sp³-hybridized carbons (Fsp3) is 0.474. The molecule has 2 aliphatic rings. The molecule has 0 spiro atoms. The number of carbonyl (C=O) groups excluding carboxylic acids is 1. The summed E-state index contributed by atoms with van der Waals surface area (Å²) in [5.74, 6) is 0.558. The molecule has 1 aromatic heterocycles. The van der Waals surface area contributed by atoms with Crippen LogP contribution < -0.4 is 0 Å². The van der Waals surface area contributed by atoms with Gasteiger partial charge in [0.1, 0.15) is 17.3 Å². The Hall–Kier alpha value is -2.17. The SMILES string of the molecule is CN(C(=O)c1nc(-c2ccc(F)cc2)n2c1CCCCC2)C1CC1. The van der Waals surface area contributed by atoms with Crippen LogP contribution in [0.2, 0.25) is 0 Å². The first-order valence-electron chi connectivity index (χ1n) is 8.77. The zero-order valence-corrected chi connectivity index (χ0v) is 14.0. The molecule has 126 valence electrons. The third-order valence-corrected chi connectivity index (χ3v) is 5.09. The topological polar surface area (TPSA) is 38.1 Å². The first-order chi connectivity index (χ1) is 11.6. The number of hydrogen-bond acceptors (Lipinski definition) is 2. The third-order valence-electron chi connectivity index (χ3n) is 5.09. The van der Waals surface area contributed by atoms with Crippen molar-refractivity contribution in [2.75, 3.05) is 7.05 Å². The molecule has 0 bridgehead atoms. The molecule has 0 radical (unpaired) electrons. The summed E-state index contributed by atoms with van der Waals surface area (Å²) in [4.78, 5) is 19.4. The summed E-state index contributed by atoms with van der Waals surface area (Å²) in [5.41, 5.74) is 2.50. The van der Waals surface area contributed by atoms with Crippen molar-refractivity contribution < 1.29 is 9.18 Å². The molecule has 1 saturated carbocycles. The predicted molar refractivity (Wildman–Crippen MR) is 90.3 cm³/mol. The highest BCUT2D eigenvalue weighted by atomic mass is 19.1. The van der Waals surface area contributed by atoms with Crippen LogP contribution in [0.3, 0.4) is 0 Å². The van der Waals surface area contributed by atoms with Gasteiger partial charge in [-0.3, -0.25) is 4.79 Å². The van der Waals surface area contributed by atoms with E-state index in [9.17, 15) is 9.18 Å². The zero-order valence-electron chi connectivity index (χ0n) is 14.0. The van der Waals surface area contributed by atoms with E-state index >= 15 is 0 Å². The molecule has 1 aliphatic heterocycles. The van der Waals surface area contributed by atoms with Crippen LogP contribution in [0.1, 0.15) is 48.3 Å². The van der Waals surface area contributed by atoms with Gasteiger partial charge in [0, 0.05) is 25.2 Å². The quantitative estimate of drug-likeness (QED) is 0.863. The molecule has 2 aromatic rings. The summed E-state index contributed by atoms with van der Waals surface area (Å²) >= 11 is 0. The number of fused-ring (bicyclic) bond motifs is 1. The molecular weight excluding hydrogens is 305 g/mol. The van der Waals surface area contributed by atoms with Gasteiger partial charge in [-0.05, 0) is 56.4 Å².